The Labute approximate surface area is 151 Å². The first-order valence-corrected chi connectivity index (χ1v) is 8.27. The van der Waals surface area contributed by atoms with E-state index >= 15 is 0 Å². The number of carbonyl (C=O) groups excluding carboxylic acids is 1. The van der Waals surface area contributed by atoms with E-state index in [2.05, 4.69) is 0 Å². The van der Waals surface area contributed by atoms with Crippen LogP contribution in [0.4, 0.5) is 0 Å². The van der Waals surface area contributed by atoms with Crippen molar-refractivity contribution in [1.82, 2.24) is 4.90 Å². The van der Waals surface area contributed by atoms with Gasteiger partial charge in [0.05, 0.1) is 13.0 Å². The van der Waals surface area contributed by atoms with Crippen molar-refractivity contribution in [2.45, 2.75) is 12.5 Å². The molecule has 1 aliphatic heterocycles. The lowest BCUT2D eigenvalue weighted by Crippen LogP contribution is -2.29. The zero-order chi connectivity index (χ0) is 18.7. The van der Waals surface area contributed by atoms with Crippen LogP contribution in [0.3, 0.4) is 0 Å². The molecule has 0 spiro atoms. The smallest absolute Gasteiger partial charge is 0.308 e. The van der Waals surface area contributed by atoms with Gasteiger partial charge >= 0.3 is 5.97 Å². The van der Waals surface area contributed by atoms with Crippen LogP contribution in [0.5, 0.6) is 5.75 Å². The molecule has 0 saturated carbocycles. The molecule has 2 aromatic rings. The molecule has 1 amide bonds. The molecular formula is C19H21NO6. The number of hydrogen-bond acceptors (Lipinski definition) is 5. The van der Waals surface area contributed by atoms with E-state index < -0.39 is 11.9 Å². The molecule has 1 aromatic heterocycles. The van der Waals surface area contributed by atoms with Gasteiger partial charge in [-0.05, 0) is 23.8 Å². The first-order valence-electron chi connectivity index (χ1n) is 8.27. The summed E-state index contributed by atoms with van der Waals surface area (Å²) in [4.78, 5) is 26.0. The van der Waals surface area contributed by atoms with E-state index in [1.165, 1.54) is 4.90 Å². The monoisotopic (exact) mass is 359 g/mol. The Balaban J connectivity index is 1.84. The number of amides is 1. The Morgan fingerprint density at radius 3 is 2.65 bits per heavy atom. The Kier molecular flexibility index (Phi) is 5.27. The zero-order valence-electron chi connectivity index (χ0n) is 14.7. The van der Waals surface area contributed by atoms with E-state index in [1.54, 1.807) is 32.4 Å². The van der Waals surface area contributed by atoms with Gasteiger partial charge < -0.3 is 23.9 Å². The third kappa shape index (κ3) is 3.43. The number of carboxylic acid groups (broad SMARTS) is 1. The Hall–Kier alpha value is -2.80. The van der Waals surface area contributed by atoms with Gasteiger partial charge in [0.2, 0.25) is 0 Å². The molecule has 0 unspecified atom stereocenters. The SMILES string of the molecule is COCc1ccc(C(=O)N2C[C@@H](C(=O)O)[C@H](c3ccccc3OC)C2)o1. The fourth-order valence-corrected chi connectivity index (χ4v) is 3.38. The predicted octanol–water partition coefficient (Wildman–Crippen LogP) is 2.38. The summed E-state index contributed by atoms with van der Waals surface area (Å²) in [5.41, 5.74) is 0.789. The molecule has 0 bridgehead atoms. The highest BCUT2D eigenvalue weighted by Gasteiger charge is 2.42. The molecule has 1 saturated heterocycles. The normalized spacial score (nSPS) is 19.5. The number of methoxy groups -OCH3 is 2. The van der Waals surface area contributed by atoms with Gasteiger partial charge in [-0.2, -0.15) is 0 Å². The van der Waals surface area contributed by atoms with Crippen molar-refractivity contribution in [1.29, 1.82) is 0 Å². The maximum absolute atomic E-state index is 12.7. The summed E-state index contributed by atoms with van der Waals surface area (Å²) in [6.07, 6.45) is 0. The van der Waals surface area contributed by atoms with Crippen LogP contribution in [0.2, 0.25) is 0 Å². The van der Waals surface area contributed by atoms with Gasteiger partial charge in [-0.15, -0.1) is 0 Å². The molecule has 1 N–H and O–H groups in total. The minimum absolute atomic E-state index is 0.122. The molecule has 2 atom stereocenters. The molecule has 3 rings (SSSR count). The van der Waals surface area contributed by atoms with Crippen LogP contribution in [0.25, 0.3) is 0 Å². The van der Waals surface area contributed by atoms with Gasteiger partial charge in [-0.3, -0.25) is 9.59 Å². The lowest BCUT2D eigenvalue weighted by atomic mass is 9.88. The highest BCUT2D eigenvalue weighted by Crippen LogP contribution is 2.38. The van der Waals surface area contributed by atoms with Crippen LogP contribution in [0, 0.1) is 5.92 Å². The number of hydrogen-bond donors (Lipinski definition) is 1. The van der Waals surface area contributed by atoms with E-state index in [9.17, 15) is 14.7 Å². The molecule has 1 aliphatic rings. The number of carboxylic acids is 1. The quantitative estimate of drug-likeness (QED) is 0.852. The van der Waals surface area contributed by atoms with Crippen molar-refractivity contribution in [2.75, 3.05) is 27.3 Å². The maximum atomic E-state index is 12.7. The van der Waals surface area contributed by atoms with Gasteiger partial charge in [0, 0.05) is 26.1 Å². The van der Waals surface area contributed by atoms with Crippen LogP contribution in [-0.4, -0.2) is 49.2 Å². The van der Waals surface area contributed by atoms with Crippen LogP contribution >= 0.6 is 0 Å². The molecule has 1 fully saturated rings. The molecule has 7 heteroatoms. The van der Waals surface area contributed by atoms with Crippen LogP contribution < -0.4 is 4.74 Å². The van der Waals surface area contributed by atoms with Gasteiger partial charge in [0.1, 0.15) is 18.1 Å². The zero-order valence-corrected chi connectivity index (χ0v) is 14.7. The number of aliphatic carboxylic acids is 1. The lowest BCUT2D eigenvalue weighted by molar-refractivity contribution is -0.141. The summed E-state index contributed by atoms with van der Waals surface area (Å²) in [6, 6.07) is 10.6. The number of para-hydroxylation sites is 1. The summed E-state index contributed by atoms with van der Waals surface area (Å²) < 4.78 is 15.8. The third-order valence-corrected chi connectivity index (χ3v) is 4.62. The topological polar surface area (TPSA) is 89.2 Å². The first-order chi connectivity index (χ1) is 12.5. The second kappa shape index (κ2) is 7.61. The number of furan rings is 1. The van der Waals surface area contributed by atoms with Gasteiger partial charge in [-0.25, -0.2) is 0 Å². The summed E-state index contributed by atoms with van der Waals surface area (Å²) in [6.45, 7) is 0.683. The summed E-state index contributed by atoms with van der Waals surface area (Å²) in [5.74, 6) is -0.956. The van der Waals surface area contributed by atoms with Crippen molar-refractivity contribution in [3.8, 4) is 5.75 Å². The molecule has 0 radical (unpaired) electrons. The van der Waals surface area contributed by atoms with E-state index in [0.717, 1.165) is 5.56 Å². The number of carbonyl (C=O) groups is 2. The third-order valence-electron chi connectivity index (χ3n) is 4.62. The highest BCUT2D eigenvalue weighted by atomic mass is 16.5. The minimum Gasteiger partial charge on any atom is -0.496 e. The molecule has 2 heterocycles. The Morgan fingerprint density at radius 1 is 1.19 bits per heavy atom. The van der Waals surface area contributed by atoms with Crippen molar-refractivity contribution in [2.24, 2.45) is 5.92 Å². The number of benzene rings is 1. The molecule has 0 aliphatic carbocycles. The fourth-order valence-electron chi connectivity index (χ4n) is 3.38. The average Bonchev–Trinajstić information content (AvgIpc) is 3.28. The number of likely N-dealkylation sites (tertiary alicyclic amines) is 1. The molecule has 1 aromatic carbocycles. The fraction of sp³-hybridized carbons (Fsp3) is 0.368. The Morgan fingerprint density at radius 2 is 1.96 bits per heavy atom. The Bertz CT molecular complexity index is 799. The minimum atomic E-state index is -0.935. The first kappa shape index (κ1) is 18.0. The molecular weight excluding hydrogens is 338 g/mol. The van der Waals surface area contributed by atoms with E-state index in [4.69, 9.17) is 13.9 Å². The second-order valence-corrected chi connectivity index (χ2v) is 6.20. The summed E-state index contributed by atoms with van der Waals surface area (Å²) in [7, 11) is 3.09. The van der Waals surface area contributed by atoms with Crippen molar-refractivity contribution in [3.05, 3.63) is 53.5 Å². The van der Waals surface area contributed by atoms with E-state index in [-0.39, 0.29) is 37.3 Å². The number of ether oxygens (including phenoxy) is 2. The number of nitrogens with zero attached hydrogens (tertiary/aromatic N) is 1. The standard InChI is InChI=1S/C19H21NO6/c1-24-11-12-7-8-17(26-12)18(21)20-9-14(15(10-20)19(22)23)13-5-3-4-6-16(13)25-2/h3-8,14-15H,9-11H2,1-2H3,(H,22,23)/t14-,15+/m0/s1. The molecule has 7 nitrogen and oxygen atoms in total. The summed E-state index contributed by atoms with van der Waals surface area (Å²) in [5, 5.41) is 9.63. The van der Waals surface area contributed by atoms with Gasteiger partial charge in [0.25, 0.3) is 5.91 Å². The van der Waals surface area contributed by atoms with Crippen molar-refractivity contribution >= 4 is 11.9 Å². The van der Waals surface area contributed by atoms with E-state index in [0.29, 0.717) is 11.5 Å². The largest absolute Gasteiger partial charge is 0.496 e. The van der Waals surface area contributed by atoms with E-state index in [1.807, 2.05) is 18.2 Å². The summed E-state index contributed by atoms with van der Waals surface area (Å²) >= 11 is 0. The van der Waals surface area contributed by atoms with Crippen molar-refractivity contribution in [3.63, 3.8) is 0 Å². The lowest BCUT2D eigenvalue weighted by Gasteiger charge is -2.18. The highest BCUT2D eigenvalue weighted by molar-refractivity contribution is 5.92. The van der Waals surface area contributed by atoms with Crippen LogP contribution in [0.15, 0.2) is 40.8 Å². The average molecular weight is 359 g/mol. The second-order valence-electron chi connectivity index (χ2n) is 6.20. The van der Waals surface area contributed by atoms with Crippen LogP contribution in [0.1, 0.15) is 27.8 Å². The predicted molar refractivity (Wildman–Crippen MR) is 92.2 cm³/mol. The molecule has 138 valence electrons. The van der Waals surface area contributed by atoms with Gasteiger partial charge in [0.15, 0.2) is 5.76 Å². The maximum Gasteiger partial charge on any atom is 0.308 e. The molecule has 26 heavy (non-hydrogen) atoms. The number of rotatable bonds is 6. The van der Waals surface area contributed by atoms with Crippen LogP contribution in [-0.2, 0) is 16.1 Å². The van der Waals surface area contributed by atoms with Crippen molar-refractivity contribution < 1.29 is 28.6 Å². The van der Waals surface area contributed by atoms with Gasteiger partial charge in [-0.1, -0.05) is 18.2 Å².